The molecule has 1 aliphatic heterocycles. The minimum atomic E-state index is -0.714. The zero-order chi connectivity index (χ0) is 17.3. The van der Waals surface area contributed by atoms with Gasteiger partial charge < -0.3 is 15.2 Å². The number of carbonyl (C=O) groups is 2. The minimum absolute atomic E-state index is 0.0639. The zero-order valence-electron chi connectivity index (χ0n) is 13.4. The first-order valence-corrected chi connectivity index (χ1v) is 7.50. The van der Waals surface area contributed by atoms with E-state index in [-0.39, 0.29) is 11.3 Å². The summed E-state index contributed by atoms with van der Waals surface area (Å²) in [5, 5.41) is 13.2. The van der Waals surface area contributed by atoms with E-state index in [4.69, 9.17) is 4.74 Å². The summed E-state index contributed by atoms with van der Waals surface area (Å²) in [6.45, 7) is 1.95. The number of benzene rings is 2. The predicted molar refractivity (Wildman–Crippen MR) is 89.6 cm³/mol. The summed E-state index contributed by atoms with van der Waals surface area (Å²) in [6.07, 6.45) is 0. The van der Waals surface area contributed by atoms with Crippen molar-refractivity contribution in [1.82, 2.24) is 5.32 Å². The number of amides is 1. The normalized spacial score (nSPS) is 19.2. The number of hydrogen-bond donors (Lipinski definition) is 2. The van der Waals surface area contributed by atoms with Crippen LogP contribution in [0.5, 0.6) is 5.75 Å². The Morgan fingerprint density at radius 2 is 1.67 bits per heavy atom. The molecule has 1 saturated heterocycles. The molecule has 1 amide bonds. The Morgan fingerprint density at radius 3 is 2.25 bits per heavy atom. The van der Waals surface area contributed by atoms with Gasteiger partial charge in [-0.3, -0.25) is 9.59 Å². The number of carbonyl (C=O) groups excluding carboxylic acids is 2. The fourth-order valence-corrected chi connectivity index (χ4v) is 2.68. The Labute approximate surface area is 139 Å². The number of ether oxygens (including phenoxy) is 1. The van der Waals surface area contributed by atoms with Gasteiger partial charge in [0.05, 0.1) is 18.7 Å². The van der Waals surface area contributed by atoms with E-state index in [1.807, 2.05) is 31.2 Å². The minimum Gasteiger partial charge on any atom is -0.507 e. The molecule has 2 N–H and O–H groups in total. The molecular formula is C19H17NO4. The second-order valence-electron chi connectivity index (χ2n) is 5.64. The van der Waals surface area contributed by atoms with Crippen LogP contribution in [0.2, 0.25) is 0 Å². The molecule has 3 rings (SSSR count). The second kappa shape index (κ2) is 6.20. The summed E-state index contributed by atoms with van der Waals surface area (Å²) < 4.78 is 5.08. The number of Topliss-reactive ketones (excluding diaryl/α,β-unsaturated/α-hetero) is 1. The molecule has 1 unspecified atom stereocenters. The SMILES string of the molecule is COc1ccc(C(O)=C2C(=O)C(=O)NC2c2ccc(C)cc2)cc1. The highest BCUT2D eigenvalue weighted by Crippen LogP contribution is 2.33. The average Bonchev–Trinajstić information content (AvgIpc) is 2.90. The standard InChI is InChI=1S/C19H17NO4/c1-11-3-5-12(6-4-11)16-15(18(22)19(23)20-16)17(21)13-7-9-14(24-2)10-8-13/h3-10,16,21H,1-2H3,(H,20,23). The van der Waals surface area contributed by atoms with Gasteiger partial charge in [0.25, 0.3) is 11.7 Å². The van der Waals surface area contributed by atoms with Gasteiger partial charge in [0.2, 0.25) is 0 Å². The molecule has 122 valence electrons. The van der Waals surface area contributed by atoms with E-state index in [1.165, 1.54) is 0 Å². The van der Waals surface area contributed by atoms with E-state index >= 15 is 0 Å². The van der Waals surface area contributed by atoms with E-state index in [0.29, 0.717) is 11.3 Å². The van der Waals surface area contributed by atoms with Crippen LogP contribution in [0.25, 0.3) is 5.76 Å². The maximum Gasteiger partial charge on any atom is 0.293 e. The fraction of sp³-hybridized carbons (Fsp3) is 0.158. The molecule has 0 saturated carbocycles. The lowest BCUT2D eigenvalue weighted by Gasteiger charge is -2.14. The molecule has 2 aromatic rings. The Hall–Kier alpha value is -3.08. The summed E-state index contributed by atoms with van der Waals surface area (Å²) in [7, 11) is 1.55. The molecule has 1 heterocycles. The summed E-state index contributed by atoms with van der Waals surface area (Å²) in [4.78, 5) is 24.1. The summed E-state index contributed by atoms with van der Waals surface area (Å²) >= 11 is 0. The van der Waals surface area contributed by atoms with Crippen molar-refractivity contribution in [1.29, 1.82) is 0 Å². The largest absolute Gasteiger partial charge is 0.507 e. The lowest BCUT2D eigenvalue weighted by atomic mass is 9.95. The van der Waals surface area contributed by atoms with Crippen LogP contribution in [-0.4, -0.2) is 23.9 Å². The molecule has 5 heteroatoms. The highest BCUT2D eigenvalue weighted by atomic mass is 16.5. The molecule has 1 aliphatic rings. The van der Waals surface area contributed by atoms with E-state index in [9.17, 15) is 14.7 Å². The number of rotatable bonds is 3. The summed E-state index contributed by atoms with van der Waals surface area (Å²) in [5.41, 5.74) is 2.33. The highest BCUT2D eigenvalue weighted by Gasteiger charge is 2.39. The van der Waals surface area contributed by atoms with E-state index in [2.05, 4.69) is 5.32 Å². The van der Waals surface area contributed by atoms with Crippen LogP contribution in [0.15, 0.2) is 54.1 Å². The number of aliphatic hydroxyl groups is 1. The van der Waals surface area contributed by atoms with Gasteiger partial charge >= 0.3 is 0 Å². The van der Waals surface area contributed by atoms with E-state index in [0.717, 1.165) is 11.1 Å². The molecule has 0 radical (unpaired) electrons. The van der Waals surface area contributed by atoms with Crippen LogP contribution >= 0.6 is 0 Å². The number of ketones is 1. The van der Waals surface area contributed by atoms with Crippen LogP contribution < -0.4 is 10.1 Å². The quantitative estimate of drug-likeness (QED) is 0.517. The summed E-state index contributed by atoms with van der Waals surface area (Å²) in [5.74, 6) is -0.991. The lowest BCUT2D eigenvalue weighted by Crippen LogP contribution is -2.21. The van der Waals surface area contributed by atoms with E-state index < -0.39 is 17.7 Å². The Balaban J connectivity index is 2.07. The van der Waals surface area contributed by atoms with Crippen LogP contribution in [0.1, 0.15) is 22.7 Å². The van der Waals surface area contributed by atoms with Crippen LogP contribution in [0.4, 0.5) is 0 Å². The average molecular weight is 323 g/mol. The number of nitrogens with one attached hydrogen (secondary N) is 1. The first kappa shape index (κ1) is 15.8. The molecule has 1 atom stereocenters. The molecule has 0 aliphatic carbocycles. The third kappa shape index (κ3) is 2.76. The predicted octanol–water partition coefficient (Wildman–Crippen LogP) is 2.71. The zero-order valence-corrected chi connectivity index (χ0v) is 13.4. The third-order valence-corrected chi connectivity index (χ3v) is 4.04. The van der Waals surface area contributed by atoms with Crippen molar-refractivity contribution < 1.29 is 19.4 Å². The number of aryl methyl sites for hydroxylation is 1. The topological polar surface area (TPSA) is 75.6 Å². The van der Waals surface area contributed by atoms with Gasteiger partial charge in [-0.2, -0.15) is 0 Å². The van der Waals surface area contributed by atoms with Crippen molar-refractivity contribution in [2.75, 3.05) is 7.11 Å². The van der Waals surface area contributed by atoms with Gasteiger partial charge in [-0.05, 0) is 36.8 Å². The molecule has 0 bridgehead atoms. The number of methoxy groups -OCH3 is 1. The van der Waals surface area contributed by atoms with Crippen molar-refractivity contribution in [2.45, 2.75) is 13.0 Å². The Bertz CT molecular complexity index is 819. The van der Waals surface area contributed by atoms with Crippen LogP contribution in [-0.2, 0) is 9.59 Å². The van der Waals surface area contributed by atoms with E-state index in [1.54, 1.807) is 31.4 Å². The number of aliphatic hydroxyl groups excluding tert-OH is 1. The van der Waals surface area contributed by atoms with Gasteiger partial charge in [-0.1, -0.05) is 29.8 Å². The monoisotopic (exact) mass is 323 g/mol. The van der Waals surface area contributed by atoms with Gasteiger partial charge in [0.15, 0.2) is 0 Å². The first-order chi connectivity index (χ1) is 11.5. The summed E-state index contributed by atoms with van der Waals surface area (Å²) in [6, 6.07) is 13.4. The second-order valence-corrected chi connectivity index (χ2v) is 5.64. The van der Waals surface area contributed by atoms with Gasteiger partial charge in [0, 0.05) is 5.56 Å². The molecule has 2 aromatic carbocycles. The van der Waals surface area contributed by atoms with Crippen molar-refractivity contribution in [3.8, 4) is 5.75 Å². The number of hydrogen-bond acceptors (Lipinski definition) is 4. The van der Waals surface area contributed by atoms with Crippen molar-refractivity contribution in [2.24, 2.45) is 0 Å². The maximum atomic E-state index is 12.2. The Morgan fingerprint density at radius 1 is 1.04 bits per heavy atom. The van der Waals surface area contributed by atoms with Crippen molar-refractivity contribution in [3.63, 3.8) is 0 Å². The fourth-order valence-electron chi connectivity index (χ4n) is 2.68. The first-order valence-electron chi connectivity index (χ1n) is 7.50. The Kier molecular flexibility index (Phi) is 4.08. The molecule has 0 aromatic heterocycles. The third-order valence-electron chi connectivity index (χ3n) is 4.04. The van der Waals surface area contributed by atoms with Gasteiger partial charge in [0.1, 0.15) is 11.5 Å². The molecule has 5 nitrogen and oxygen atoms in total. The van der Waals surface area contributed by atoms with Gasteiger partial charge in [-0.25, -0.2) is 0 Å². The lowest BCUT2D eigenvalue weighted by molar-refractivity contribution is -0.133. The molecule has 1 fully saturated rings. The molecule has 24 heavy (non-hydrogen) atoms. The maximum absolute atomic E-state index is 12.2. The van der Waals surface area contributed by atoms with Crippen molar-refractivity contribution in [3.05, 3.63) is 70.8 Å². The van der Waals surface area contributed by atoms with Gasteiger partial charge in [-0.15, -0.1) is 0 Å². The van der Waals surface area contributed by atoms with Crippen LogP contribution in [0.3, 0.4) is 0 Å². The highest BCUT2D eigenvalue weighted by molar-refractivity contribution is 6.46. The van der Waals surface area contributed by atoms with Crippen molar-refractivity contribution >= 4 is 17.4 Å². The molecule has 0 spiro atoms. The van der Waals surface area contributed by atoms with Crippen LogP contribution in [0, 0.1) is 6.92 Å². The molecular weight excluding hydrogens is 306 g/mol. The smallest absolute Gasteiger partial charge is 0.293 e.